The maximum Gasteiger partial charge on any atom is 0.00719 e. The summed E-state index contributed by atoms with van der Waals surface area (Å²) in [6.07, 6.45) is 9.55. The minimum atomic E-state index is 0.508. The smallest absolute Gasteiger partial charge is 0.00719 e. The molecule has 1 aromatic rings. The largest absolute Gasteiger partial charge is 0.126 e. The number of benzene rings is 1. The van der Waals surface area contributed by atoms with Crippen molar-refractivity contribution in [3.63, 3.8) is 0 Å². The van der Waals surface area contributed by atoms with Gasteiger partial charge in [-0.1, -0.05) is 63.5 Å². The second kappa shape index (κ2) is 6.83. The summed E-state index contributed by atoms with van der Waals surface area (Å²) in [5, 5.41) is 0. The van der Waals surface area contributed by atoms with E-state index in [0.29, 0.717) is 5.41 Å². The van der Waals surface area contributed by atoms with Gasteiger partial charge in [-0.05, 0) is 60.3 Å². The number of allylic oxidation sites excluding steroid dienone is 2. The molecule has 0 radical (unpaired) electrons. The molecule has 0 saturated heterocycles. The van der Waals surface area contributed by atoms with Crippen molar-refractivity contribution in [1.29, 1.82) is 0 Å². The molecule has 0 nitrogen and oxygen atoms in total. The predicted molar refractivity (Wildman–Crippen MR) is 98.3 cm³/mol. The average molecular weight is 315 g/mol. The van der Waals surface area contributed by atoms with Crippen LogP contribution < -0.4 is 0 Å². The van der Waals surface area contributed by atoms with Crippen molar-refractivity contribution in [3.8, 4) is 0 Å². The van der Waals surface area contributed by atoms with E-state index in [-0.39, 0.29) is 0 Å². The molecule has 2 aliphatic rings. The van der Waals surface area contributed by atoms with Gasteiger partial charge in [-0.2, -0.15) is 0 Å². The SMILES string of the molecule is C[C@H](CCSc1ccccc1)C1=CC[C@H]2[C@@H](C)CCC[C@]12C. The summed E-state index contributed by atoms with van der Waals surface area (Å²) in [4.78, 5) is 1.41. The summed E-state index contributed by atoms with van der Waals surface area (Å²) in [6, 6.07) is 10.8. The van der Waals surface area contributed by atoms with Crippen LogP contribution >= 0.6 is 11.8 Å². The maximum absolute atomic E-state index is 2.62. The summed E-state index contributed by atoms with van der Waals surface area (Å²) in [6.45, 7) is 7.51. The molecule has 4 atom stereocenters. The van der Waals surface area contributed by atoms with Gasteiger partial charge >= 0.3 is 0 Å². The van der Waals surface area contributed by atoms with Crippen molar-refractivity contribution >= 4 is 11.8 Å². The normalized spacial score (nSPS) is 32.4. The molecule has 1 fully saturated rings. The Morgan fingerprint density at radius 1 is 1.27 bits per heavy atom. The highest BCUT2D eigenvalue weighted by molar-refractivity contribution is 7.99. The van der Waals surface area contributed by atoms with Crippen LogP contribution in [0.2, 0.25) is 0 Å². The van der Waals surface area contributed by atoms with Gasteiger partial charge in [-0.15, -0.1) is 11.8 Å². The van der Waals surface area contributed by atoms with Crippen molar-refractivity contribution in [2.75, 3.05) is 5.75 Å². The van der Waals surface area contributed by atoms with Crippen LogP contribution in [-0.2, 0) is 0 Å². The summed E-state index contributed by atoms with van der Waals surface area (Å²) >= 11 is 2.01. The molecular weight excluding hydrogens is 284 g/mol. The Morgan fingerprint density at radius 3 is 2.82 bits per heavy atom. The van der Waals surface area contributed by atoms with Crippen LogP contribution in [0.3, 0.4) is 0 Å². The fraction of sp³-hybridized carbons (Fsp3) is 0.619. The molecule has 0 aromatic heterocycles. The van der Waals surface area contributed by atoms with Gasteiger partial charge in [-0.25, -0.2) is 0 Å². The van der Waals surface area contributed by atoms with E-state index in [1.807, 2.05) is 11.8 Å². The van der Waals surface area contributed by atoms with Gasteiger partial charge in [0.15, 0.2) is 0 Å². The number of rotatable bonds is 5. The third kappa shape index (κ3) is 3.15. The molecular formula is C21H30S. The zero-order chi connectivity index (χ0) is 15.6. The lowest BCUT2D eigenvalue weighted by Crippen LogP contribution is -2.35. The monoisotopic (exact) mass is 314 g/mol. The first-order chi connectivity index (χ1) is 10.6. The molecule has 1 saturated carbocycles. The molecule has 1 heteroatoms. The Hall–Kier alpha value is -0.690. The van der Waals surface area contributed by atoms with Gasteiger partial charge in [0.2, 0.25) is 0 Å². The molecule has 0 unspecified atom stereocenters. The van der Waals surface area contributed by atoms with E-state index in [2.05, 4.69) is 57.2 Å². The first-order valence-electron chi connectivity index (χ1n) is 8.99. The average Bonchev–Trinajstić information content (AvgIpc) is 2.87. The van der Waals surface area contributed by atoms with E-state index >= 15 is 0 Å². The van der Waals surface area contributed by atoms with Crippen molar-refractivity contribution in [2.24, 2.45) is 23.2 Å². The van der Waals surface area contributed by atoms with Crippen molar-refractivity contribution in [3.05, 3.63) is 42.0 Å². The fourth-order valence-corrected chi connectivity index (χ4v) is 5.99. The lowest BCUT2D eigenvalue weighted by Gasteiger charge is -2.44. The zero-order valence-corrected chi connectivity index (χ0v) is 15.2. The number of hydrogen-bond donors (Lipinski definition) is 0. The highest BCUT2D eigenvalue weighted by atomic mass is 32.2. The molecule has 22 heavy (non-hydrogen) atoms. The molecule has 0 bridgehead atoms. The van der Waals surface area contributed by atoms with E-state index in [0.717, 1.165) is 17.8 Å². The van der Waals surface area contributed by atoms with Crippen LogP contribution in [0.5, 0.6) is 0 Å². The van der Waals surface area contributed by atoms with Gasteiger partial charge in [0.25, 0.3) is 0 Å². The third-order valence-corrected chi connectivity index (χ3v) is 7.25. The fourth-order valence-electron chi connectivity index (χ4n) is 4.93. The lowest BCUT2D eigenvalue weighted by molar-refractivity contribution is 0.110. The van der Waals surface area contributed by atoms with Gasteiger partial charge < -0.3 is 0 Å². The maximum atomic E-state index is 2.62. The molecule has 2 aliphatic carbocycles. The van der Waals surface area contributed by atoms with Gasteiger partial charge in [0.1, 0.15) is 0 Å². The Balaban J connectivity index is 1.57. The van der Waals surface area contributed by atoms with Crippen LogP contribution in [0.15, 0.2) is 46.9 Å². The van der Waals surface area contributed by atoms with Crippen molar-refractivity contribution in [1.82, 2.24) is 0 Å². The summed E-state index contributed by atoms with van der Waals surface area (Å²) in [5.74, 6) is 3.81. The number of hydrogen-bond acceptors (Lipinski definition) is 1. The van der Waals surface area contributed by atoms with Gasteiger partial charge in [0.05, 0.1) is 0 Å². The van der Waals surface area contributed by atoms with Crippen LogP contribution in [0.4, 0.5) is 0 Å². The summed E-state index contributed by atoms with van der Waals surface area (Å²) in [7, 11) is 0. The predicted octanol–water partition coefficient (Wildman–Crippen LogP) is 6.58. The molecule has 1 aromatic carbocycles. The highest BCUT2D eigenvalue weighted by Gasteiger charge is 2.46. The summed E-state index contributed by atoms with van der Waals surface area (Å²) < 4.78 is 0. The molecule has 120 valence electrons. The van der Waals surface area contributed by atoms with E-state index in [9.17, 15) is 0 Å². The minimum absolute atomic E-state index is 0.508. The molecule has 0 heterocycles. The molecule has 0 aliphatic heterocycles. The molecule has 0 spiro atoms. The van der Waals surface area contributed by atoms with Crippen LogP contribution in [0, 0.1) is 23.2 Å². The third-order valence-electron chi connectivity index (χ3n) is 6.21. The van der Waals surface area contributed by atoms with Gasteiger partial charge in [-0.3, -0.25) is 0 Å². The van der Waals surface area contributed by atoms with Crippen LogP contribution in [0.1, 0.15) is 52.9 Å². The first kappa shape index (κ1) is 16.2. The Kier molecular flexibility index (Phi) is 5.02. The Bertz CT molecular complexity index is 518. The first-order valence-corrected chi connectivity index (χ1v) is 9.98. The van der Waals surface area contributed by atoms with Crippen LogP contribution in [-0.4, -0.2) is 5.75 Å². The number of thioether (sulfide) groups is 1. The Morgan fingerprint density at radius 2 is 2.05 bits per heavy atom. The second-order valence-corrected chi connectivity index (χ2v) is 8.81. The quantitative estimate of drug-likeness (QED) is 0.437. The van der Waals surface area contributed by atoms with E-state index in [1.165, 1.54) is 42.8 Å². The van der Waals surface area contributed by atoms with Gasteiger partial charge in [0, 0.05) is 4.90 Å². The number of fused-ring (bicyclic) bond motifs is 1. The van der Waals surface area contributed by atoms with Crippen LogP contribution in [0.25, 0.3) is 0 Å². The topological polar surface area (TPSA) is 0 Å². The molecule has 0 N–H and O–H groups in total. The van der Waals surface area contributed by atoms with E-state index in [1.54, 1.807) is 5.57 Å². The second-order valence-electron chi connectivity index (χ2n) is 7.64. The Labute approximate surface area is 140 Å². The lowest BCUT2D eigenvalue weighted by atomic mass is 9.60. The molecule has 3 rings (SSSR count). The van der Waals surface area contributed by atoms with Crippen molar-refractivity contribution < 1.29 is 0 Å². The standard InChI is InChI=1S/C21H30S/c1-16-8-7-14-21(3)19(16)11-12-20(21)17(2)13-15-22-18-9-5-4-6-10-18/h4-6,9-10,12,16-17,19H,7-8,11,13-15H2,1-3H3/t16-,17+,19-,21-/m0/s1. The zero-order valence-electron chi connectivity index (χ0n) is 14.3. The molecule has 0 amide bonds. The highest BCUT2D eigenvalue weighted by Crippen LogP contribution is 2.56. The van der Waals surface area contributed by atoms with E-state index < -0.39 is 0 Å². The minimum Gasteiger partial charge on any atom is -0.126 e. The van der Waals surface area contributed by atoms with E-state index in [4.69, 9.17) is 0 Å². The summed E-state index contributed by atoms with van der Waals surface area (Å²) in [5.41, 5.74) is 2.30. The van der Waals surface area contributed by atoms with Crippen molar-refractivity contribution in [2.45, 2.75) is 57.8 Å².